The van der Waals surface area contributed by atoms with Gasteiger partial charge < -0.3 is 14.8 Å². The number of sulfonamides is 1. The van der Waals surface area contributed by atoms with E-state index >= 15 is 0 Å². The molecule has 0 aliphatic carbocycles. The van der Waals surface area contributed by atoms with E-state index < -0.39 is 21.9 Å². The molecule has 1 aliphatic rings. The highest BCUT2D eigenvalue weighted by atomic mass is 35.5. The summed E-state index contributed by atoms with van der Waals surface area (Å²) < 4.78 is 52.5. The molecule has 0 aromatic heterocycles. The van der Waals surface area contributed by atoms with E-state index in [1.54, 1.807) is 30.3 Å². The first kappa shape index (κ1) is 21.4. The molecule has 0 bridgehead atoms. The van der Waals surface area contributed by atoms with E-state index in [1.165, 1.54) is 30.7 Å². The van der Waals surface area contributed by atoms with Gasteiger partial charge in [0.05, 0.1) is 20.3 Å². The van der Waals surface area contributed by atoms with E-state index in [-0.39, 0.29) is 35.3 Å². The first-order valence-electron chi connectivity index (χ1n) is 8.18. The van der Waals surface area contributed by atoms with Gasteiger partial charge in [0.25, 0.3) is 10.0 Å². The molecule has 1 fully saturated rings. The van der Waals surface area contributed by atoms with Crippen molar-refractivity contribution in [2.45, 2.75) is 10.9 Å². The Hall–Kier alpha value is -1.87. The quantitative estimate of drug-likeness (QED) is 0.811. The molecule has 1 unspecified atom stereocenters. The molecule has 27 heavy (non-hydrogen) atoms. The van der Waals surface area contributed by atoms with E-state index in [4.69, 9.17) is 9.47 Å². The van der Waals surface area contributed by atoms with Crippen molar-refractivity contribution in [3.8, 4) is 11.5 Å². The summed E-state index contributed by atoms with van der Waals surface area (Å²) in [4.78, 5) is -0.0201. The van der Waals surface area contributed by atoms with Crippen molar-refractivity contribution in [2.75, 3.05) is 33.9 Å². The lowest BCUT2D eigenvalue weighted by Crippen LogP contribution is -2.48. The largest absolute Gasteiger partial charge is 0.495 e. The van der Waals surface area contributed by atoms with E-state index in [0.717, 1.165) is 0 Å². The molecule has 3 rings (SSSR count). The van der Waals surface area contributed by atoms with Gasteiger partial charge in [-0.2, -0.15) is 4.31 Å². The van der Waals surface area contributed by atoms with Gasteiger partial charge in [0, 0.05) is 19.6 Å². The Bertz CT molecular complexity index is 872. The molecule has 148 valence electrons. The highest BCUT2D eigenvalue weighted by Crippen LogP contribution is 2.38. The van der Waals surface area contributed by atoms with Crippen LogP contribution in [0.15, 0.2) is 47.4 Å². The molecule has 0 spiro atoms. The normalized spacial score (nSPS) is 17.8. The summed E-state index contributed by atoms with van der Waals surface area (Å²) in [6.45, 7) is 1.15. The second-order valence-electron chi connectivity index (χ2n) is 5.88. The van der Waals surface area contributed by atoms with Crippen LogP contribution in [-0.4, -0.2) is 46.6 Å². The van der Waals surface area contributed by atoms with Crippen LogP contribution in [0.3, 0.4) is 0 Å². The van der Waals surface area contributed by atoms with Gasteiger partial charge in [-0.1, -0.05) is 18.2 Å². The van der Waals surface area contributed by atoms with Crippen LogP contribution in [0.5, 0.6) is 11.5 Å². The lowest BCUT2D eigenvalue weighted by molar-refractivity contribution is 0.268. The first-order valence-corrected chi connectivity index (χ1v) is 9.62. The molecular weight excluding hydrogens is 395 g/mol. The molecular formula is C18H22ClFN2O4S. The van der Waals surface area contributed by atoms with E-state index in [9.17, 15) is 12.8 Å². The predicted molar refractivity (Wildman–Crippen MR) is 103 cm³/mol. The van der Waals surface area contributed by atoms with Crippen LogP contribution in [0.25, 0.3) is 0 Å². The molecule has 0 saturated carbocycles. The van der Waals surface area contributed by atoms with Gasteiger partial charge in [0.2, 0.25) is 0 Å². The fourth-order valence-electron chi connectivity index (χ4n) is 3.16. The van der Waals surface area contributed by atoms with Crippen molar-refractivity contribution in [1.29, 1.82) is 0 Å². The average molecular weight is 417 g/mol. The van der Waals surface area contributed by atoms with Gasteiger partial charge >= 0.3 is 0 Å². The van der Waals surface area contributed by atoms with Gasteiger partial charge in [-0.15, -0.1) is 12.4 Å². The monoisotopic (exact) mass is 416 g/mol. The van der Waals surface area contributed by atoms with E-state index in [1.807, 2.05) is 0 Å². The van der Waals surface area contributed by atoms with Gasteiger partial charge in [-0.05, 0) is 29.8 Å². The van der Waals surface area contributed by atoms with Crippen molar-refractivity contribution in [3.63, 3.8) is 0 Å². The average Bonchev–Trinajstić information content (AvgIpc) is 2.67. The van der Waals surface area contributed by atoms with Gasteiger partial charge in [-0.3, -0.25) is 0 Å². The summed E-state index contributed by atoms with van der Waals surface area (Å²) in [6, 6.07) is 10.3. The highest BCUT2D eigenvalue weighted by molar-refractivity contribution is 7.89. The third-order valence-electron chi connectivity index (χ3n) is 4.38. The smallest absolute Gasteiger partial charge is 0.251 e. The molecule has 1 N–H and O–H groups in total. The molecule has 1 saturated heterocycles. The summed E-state index contributed by atoms with van der Waals surface area (Å²) in [6.07, 6.45) is 0. The summed E-state index contributed by atoms with van der Waals surface area (Å²) in [7, 11) is -1.11. The molecule has 9 heteroatoms. The molecule has 2 aromatic carbocycles. The van der Waals surface area contributed by atoms with Crippen molar-refractivity contribution in [1.82, 2.24) is 9.62 Å². The number of benzene rings is 2. The third kappa shape index (κ3) is 4.19. The highest BCUT2D eigenvalue weighted by Gasteiger charge is 2.38. The zero-order valence-electron chi connectivity index (χ0n) is 15.0. The minimum atomic E-state index is -3.94. The van der Waals surface area contributed by atoms with Crippen LogP contribution in [0.1, 0.15) is 11.6 Å². The van der Waals surface area contributed by atoms with Gasteiger partial charge in [-0.25, -0.2) is 12.8 Å². The van der Waals surface area contributed by atoms with Gasteiger partial charge in [0.15, 0.2) is 4.90 Å². The van der Waals surface area contributed by atoms with E-state index in [0.29, 0.717) is 18.7 Å². The topological polar surface area (TPSA) is 67.9 Å². The summed E-state index contributed by atoms with van der Waals surface area (Å²) in [5.74, 6) is 0.0158. The Morgan fingerprint density at radius 1 is 1.11 bits per heavy atom. The Morgan fingerprint density at radius 3 is 2.33 bits per heavy atom. The van der Waals surface area contributed by atoms with Crippen molar-refractivity contribution in [2.24, 2.45) is 0 Å². The first-order chi connectivity index (χ1) is 12.5. The molecule has 1 heterocycles. The Balaban J connectivity index is 0.00000261. The van der Waals surface area contributed by atoms with Crippen LogP contribution in [0.4, 0.5) is 4.39 Å². The zero-order valence-corrected chi connectivity index (χ0v) is 16.6. The number of piperazine rings is 1. The van der Waals surface area contributed by atoms with Crippen LogP contribution in [0.2, 0.25) is 0 Å². The SMILES string of the molecule is COc1cccc(OC)c1S(=O)(=O)N1CCNCC1c1cccc(F)c1.Cl. The number of hydrogen-bond acceptors (Lipinski definition) is 5. The minimum absolute atomic E-state index is 0. The molecule has 6 nitrogen and oxygen atoms in total. The zero-order chi connectivity index (χ0) is 18.7. The standard InChI is InChI=1S/C18H21FN2O4S.ClH/c1-24-16-7-4-8-17(25-2)18(16)26(22,23)21-10-9-20-12-15(21)13-5-3-6-14(19)11-13;/h3-8,11,15,20H,9-10,12H2,1-2H3;1H. The lowest BCUT2D eigenvalue weighted by atomic mass is 10.1. The van der Waals surface area contributed by atoms with Gasteiger partial charge in [0.1, 0.15) is 17.3 Å². The molecule has 2 aromatic rings. The minimum Gasteiger partial charge on any atom is -0.495 e. The maximum atomic E-state index is 13.7. The fraction of sp³-hybridized carbons (Fsp3) is 0.333. The second kappa shape index (κ2) is 8.88. The Kier molecular flexibility index (Phi) is 7.05. The Morgan fingerprint density at radius 2 is 1.74 bits per heavy atom. The summed E-state index contributed by atoms with van der Waals surface area (Å²) >= 11 is 0. The molecule has 1 atom stereocenters. The number of nitrogens with zero attached hydrogens (tertiary/aromatic N) is 1. The maximum Gasteiger partial charge on any atom is 0.251 e. The van der Waals surface area contributed by atoms with Crippen LogP contribution in [0, 0.1) is 5.82 Å². The number of nitrogens with one attached hydrogen (secondary N) is 1. The molecule has 0 amide bonds. The maximum absolute atomic E-state index is 13.7. The van der Waals surface area contributed by atoms with E-state index in [2.05, 4.69) is 5.32 Å². The molecule has 1 aliphatic heterocycles. The lowest BCUT2D eigenvalue weighted by Gasteiger charge is -2.36. The number of rotatable bonds is 5. The summed E-state index contributed by atoms with van der Waals surface area (Å²) in [5, 5.41) is 3.17. The number of halogens is 2. The Labute approximate surface area is 164 Å². The summed E-state index contributed by atoms with van der Waals surface area (Å²) in [5.41, 5.74) is 0.592. The third-order valence-corrected chi connectivity index (χ3v) is 6.35. The van der Waals surface area contributed by atoms with Crippen LogP contribution < -0.4 is 14.8 Å². The van der Waals surface area contributed by atoms with Crippen molar-refractivity contribution < 1.29 is 22.3 Å². The van der Waals surface area contributed by atoms with Crippen molar-refractivity contribution in [3.05, 3.63) is 53.8 Å². The molecule has 0 radical (unpaired) electrons. The predicted octanol–water partition coefficient (Wildman–Crippen LogP) is 2.60. The second-order valence-corrected chi connectivity index (χ2v) is 7.71. The fourth-order valence-corrected chi connectivity index (χ4v) is 5.07. The van der Waals surface area contributed by atoms with Crippen molar-refractivity contribution >= 4 is 22.4 Å². The number of ether oxygens (including phenoxy) is 2. The number of methoxy groups -OCH3 is 2. The van der Waals surface area contributed by atoms with Crippen LogP contribution in [-0.2, 0) is 10.0 Å². The number of hydrogen-bond donors (Lipinski definition) is 1. The van der Waals surface area contributed by atoms with Crippen LogP contribution >= 0.6 is 12.4 Å².